The maximum atomic E-state index is 8.54. The van der Waals surface area contributed by atoms with Crippen LogP contribution in [0.15, 0.2) is 24.3 Å². The van der Waals surface area contributed by atoms with Crippen molar-refractivity contribution in [3.63, 3.8) is 0 Å². The van der Waals surface area contributed by atoms with E-state index in [1.165, 1.54) is 5.56 Å². The lowest BCUT2D eigenvalue weighted by Crippen LogP contribution is -2.26. The van der Waals surface area contributed by atoms with Gasteiger partial charge in [-0.3, -0.25) is 0 Å². The van der Waals surface area contributed by atoms with Crippen molar-refractivity contribution >= 4 is 0 Å². The van der Waals surface area contributed by atoms with E-state index >= 15 is 0 Å². The van der Waals surface area contributed by atoms with E-state index in [2.05, 4.69) is 11.4 Å². The van der Waals surface area contributed by atoms with Gasteiger partial charge in [0.1, 0.15) is 12.4 Å². The van der Waals surface area contributed by atoms with Crippen molar-refractivity contribution in [3.8, 4) is 5.75 Å². The van der Waals surface area contributed by atoms with E-state index in [0.29, 0.717) is 19.8 Å². The topological polar surface area (TPSA) is 50.7 Å². The minimum atomic E-state index is 0.0787. The first-order chi connectivity index (χ1) is 7.92. The molecule has 0 amide bonds. The maximum Gasteiger partial charge on any atom is 0.124 e. The van der Waals surface area contributed by atoms with Gasteiger partial charge in [0.25, 0.3) is 0 Å². The van der Waals surface area contributed by atoms with E-state index in [1.807, 2.05) is 18.2 Å². The number of hydrogen-bond donors (Lipinski definition) is 2. The highest BCUT2D eigenvalue weighted by Crippen LogP contribution is 2.31. The molecular weight excluding hydrogens is 206 g/mol. The molecule has 1 aliphatic rings. The van der Waals surface area contributed by atoms with Crippen molar-refractivity contribution in [1.29, 1.82) is 0 Å². The molecule has 0 saturated heterocycles. The molecule has 1 aromatic carbocycles. The quantitative estimate of drug-likeness (QED) is 0.698. The average Bonchev–Trinajstić information content (AvgIpc) is 2.73. The average molecular weight is 223 g/mol. The van der Waals surface area contributed by atoms with E-state index in [1.54, 1.807) is 0 Å². The fraction of sp³-hybridized carbons (Fsp3) is 0.500. The summed E-state index contributed by atoms with van der Waals surface area (Å²) in [5.41, 5.74) is 1.21. The SMILES string of the molecule is OCCOCCNC1COc2ccccc21. The fourth-order valence-corrected chi connectivity index (χ4v) is 1.80. The number of aliphatic hydroxyl groups is 1. The molecule has 0 radical (unpaired) electrons. The summed E-state index contributed by atoms with van der Waals surface area (Å²) in [5.74, 6) is 0.969. The third kappa shape index (κ3) is 2.72. The van der Waals surface area contributed by atoms with Gasteiger partial charge in [0.15, 0.2) is 0 Å². The molecule has 0 saturated carbocycles. The lowest BCUT2D eigenvalue weighted by Gasteiger charge is -2.11. The minimum Gasteiger partial charge on any atom is -0.491 e. The number of aliphatic hydroxyl groups excluding tert-OH is 1. The second-order valence-electron chi connectivity index (χ2n) is 3.69. The number of rotatable bonds is 6. The van der Waals surface area contributed by atoms with Crippen molar-refractivity contribution in [2.75, 3.05) is 33.0 Å². The highest BCUT2D eigenvalue weighted by molar-refractivity contribution is 5.39. The summed E-state index contributed by atoms with van der Waals surface area (Å²) in [6, 6.07) is 8.32. The van der Waals surface area contributed by atoms with E-state index in [-0.39, 0.29) is 12.6 Å². The van der Waals surface area contributed by atoms with Gasteiger partial charge in [-0.2, -0.15) is 0 Å². The van der Waals surface area contributed by atoms with Crippen LogP contribution in [-0.2, 0) is 4.74 Å². The number of fused-ring (bicyclic) bond motifs is 1. The van der Waals surface area contributed by atoms with Crippen LogP contribution in [0.3, 0.4) is 0 Å². The molecule has 0 fully saturated rings. The van der Waals surface area contributed by atoms with Crippen molar-refractivity contribution in [1.82, 2.24) is 5.32 Å². The maximum absolute atomic E-state index is 8.54. The lowest BCUT2D eigenvalue weighted by atomic mass is 10.1. The van der Waals surface area contributed by atoms with Crippen molar-refractivity contribution in [2.24, 2.45) is 0 Å². The molecule has 88 valence electrons. The first-order valence-electron chi connectivity index (χ1n) is 5.55. The Morgan fingerprint density at radius 3 is 3.12 bits per heavy atom. The number of para-hydroxylation sites is 1. The van der Waals surface area contributed by atoms with Crippen LogP contribution in [0.5, 0.6) is 5.75 Å². The smallest absolute Gasteiger partial charge is 0.124 e. The normalized spacial score (nSPS) is 18.2. The van der Waals surface area contributed by atoms with Gasteiger partial charge in [0.2, 0.25) is 0 Å². The predicted octanol–water partition coefficient (Wildman–Crippen LogP) is 0.719. The molecule has 0 bridgehead atoms. The summed E-state index contributed by atoms with van der Waals surface area (Å²) < 4.78 is 10.7. The Morgan fingerprint density at radius 1 is 1.38 bits per heavy atom. The summed E-state index contributed by atoms with van der Waals surface area (Å²) in [4.78, 5) is 0. The Balaban J connectivity index is 1.76. The van der Waals surface area contributed by atoms with Crippen molar-refractivity contribution in [2.45, 2.75) is 6.04 Å². The minimum absolute atomic E-state index is 0.0787. The van der Waals surface area contributed by atoms with Crippen LogP contribution in [-0.4, -0.2) is 38.1 Å². The Labute approximate surface area is 95.2 Å². The van der Waals surface area contributed by atoms with Crippen LogP contribution in [0.25, 0.3) is 0 Å². The standard InChI is InChI=1S/C12H17NO3/c14-6-8-15-7-5-13-11-9-16-12-4-2-1-3-10(11)12/h1-4,11,13-14H,5-9H2. The first kappa shape index (κ1) is 11.4. The molecule has 1 heterocycles. The van der Waals surface area contributed by atoms with Crippen LogP contribution in [0.1, 0.15) is 11.6 Å². The Morgan fingerprint density at radius 2 is 2.25 bits per heavy atom. The Bertz CT molecular complexity index is 330. The van der Waals surface area contributed by atoms with Crippen LogP contribution >= 0.6 is 0 Å². The molecule has 1 aliphatic heterocycles. The predicted molar refractivity (Wildman–Crippen MR) is 60.6 cm³/mol. The molecule has 16 heavy (non-hydrogen) atoms. The van der Waals surface area contributed by atoms with Gasteiger partial charge >= 0.3 is 0 Å². The summed E-state index contributed by atoms with van der Waals surface area (Å²) in [5, 5.41) is 11.9. The van der Waals surface area contributed by atoms with E-state index in [0.717, 1.165) is 12.3 Å². The zero-order valence-electron chi connectivity index (χ0n) is 9.19. The van der Waals surface area contributed by atoms with Crippen molar-refractivity contribution < 1.29 is 14.6 Å². The number of ether oxygens (including phenoxy) is 2. The van der Waals surface area contributed by atoms with E-state index in [4.69, 9.17) is 14.6 Å². The van der Waals surface area contributed by atoms with Crippen LogP contribution < -0.4 is 10.1 Å². The van der Waals surface area contributed by atoms with Gasteiger partial charge in [-0.05, 0) is 6.07 Å². The number of hydrogen-bond acceptors (Lipinski definition) is 4. The molecule has 2 N–H and O–H groups in total. The van der Waals surface area contributed by atoms with E-state index < -0.39 is 0 Å². The van der Waals surface area contributed by atoms with Crippen molar-refractivity contribution in [3.05, 3.63) is 29.8 Å². The largest absolute Gasteiger partial charge is 0.491 e. The molecule has 0 aromatic heterocycles. The molecule has 0 spiro atoms. The van der Waals surface area contributed by atoms with E-state index in [9.17, 15) is 0 Å². The molecular formula is C12H17NO3. The Hall–Kier alpha value is -1.10. The zero-order chi connectivity index (χ0) is 11.2. The number of benzene rings is 1. The molecule has 0 aliphatic carbocycles. The zero-order valence-corrected chi connectivity index (χ0v) is 9.19. The lowest BCUT2D eigenvalue weighted by molar-refractivity contribution is 0.0921. The van der Waals surface area contributed by atoms with Gasteiger partial charge < -0.3 is 19.9 Å². The molecule has 1 aromatic rings. The third-order valence-electron chi connectivity index (χ3n) is 2.57. The van der Waals surface area contributed by atoms with Gasteiger partial charge in [-0.1, -0.05) is 18.2 Å². The third-order valence-corrected chi connectivity index (χ3v) is 2.57. The molecule has 1 atom stereocenters. The highest BCUT2D eigenvalue weighted by Gasteiger charge is 2.22. The Kier molecular flexibility index (Phi) is 4.16. The molecule has 2 rings (SSSR count). The molecule has 4 nitrogen and oxygen atoms in total. The summed E-state index contributed by atoms with van der Waals surface area (Å²) in [6.45, 7) is 2.54. The second-order valence-corrected chi connectivity index (χ2v) is 3.69. The van der Waals surface area contributed by atoms with Gasteiger partial charge in [0, 0.05) is 12.1 Å². The summed E-state index contributed by atoms with van der Waals surface area (Å²) in [7, 11) is 0. The van der Waals surface area contributed by atoms with Gasteiger partial charge in [-0.15, -0.1) is 0 Å². The van der Waals surface area contributed by atoms with Crippen LogP contribution in [0, 0.1) is 0 Å². The summed E-state index contributed by atoms with van der Waals surface area (Å²) in [6.07, 6.45) is 0. The van der Waals surface area contributed by atoms with Gasteiger partial charge in [0.05, 0.1) is 25.9 Å². The highest BCUT2D eigenvalue weighted by atomic mass is 16.5. The first-order valence-corrected chi connectivity index (χ1v) is 5.55. The molecule has 4 heteroatoms. The summed E-state index contributed by atoms with van der Waals surface area (Å²) >= 11 is 0. The van der Waals surface area contributed by atoms with Crippen LogP contribution in [0.4, 0.5) is 0 Å². The molecule has 1 unspecified atom stereocenters. The monoisotopic (exact) mass is 223 g/mol. The van der Waals surface area contributed by atoms with Crippen LogP contribution in [0.2, 0.25) is 0 Å². The number of nitrogens with one attached hydrogen (secondary N) is 1. The van der Waals surface area contributed by atoms with Gasteiger partial charge in [-0.25, -0.2) is 0 Å². The second kappa shape index (κ2) is 5.84. The fourth-order valence-electron chi connectivity index (χ4n) is 1.80.